The summed E-state index contributed by atoms with van der Waals surface area (Å²) in [6, 6.07) is 5.51. The molecule has 1 aromatic heterocycles. The minimum atomic E-state index is -0.685. The maximum Gasteiger partial charge on any atom is 0.412 e. The van der Waals surface area contributed by atoms with E-state index in [0.29, 0.717) is 17.0 Å². The number of benzene rings is 1. The van der Waals surface area contributed by atoms with Crippen LogP contribution >= 0.6 is 0 Å². The van der Waals surface area contributed by atoms with E-state index in [1.165, 1.54) is 24.4 Å². The highest BCUT2D eigenvalue weighted by Gasteiger charge is 2.36. The van der Waals surface area contributed by atoms with Gasteiger partial charge in [-0.05, 0) is 18.2 Å². The predicted molar refractivity (Wildman–Crippen MR) is 86.8 cm³/mol. The van der Waals surface area contributed by atoms with E-state index in [9.17, 15) is 14.0 Å². The Bertz CT molecular complexity index is 784. The van der Waals surface area contributed by atoms with Gasteiger partial charge in [-0.2, -0.15) is 0 Å². The number of rotatable bonds is 4. The summed E-state index contributed by atoms with van der Waals surface area (Å²) in [6.45, 7) is 4.41. The Kier molecular flexibility index (Phi) is 4.69. The van der Waals surface area contributed by atoms with E-state index in [0.717, 1.165) is 0 Å². The lowest BCUT2D eigenvalue weighted by atomic mass is 10.0. The van der Waals surface area contributed by atoms with Crippen LogP contribution in [0.25, 0.3) is 0 Å². The second kappa shape index (κ2) is 6.92. The molecule has 0 unspecified atom stereocenters. The highest BCUT2D eigenvalue weighted by atomic mass is 19.1. The average Bonchev–Trinajstić information content (AvgIpc) is 2.99. The first kappa shape index (κ1) is 16.9. The number of hydrogen-bond donors (Lipinski definition) is 1. The molecule has 132 valence electrons. The van der Waals surface area contributed by atoms with Gasteiger partial charge in [0.05, 0.1) is 19.3 Å². The number of nitrogens with one attached hydrogen (secondary N) is 1. The molecule has 2 heterocycles. The molecule has 1 aliphatic heterocycles. The van der Waals surface area contributed by atoms with Crippen LogP contribution in [0.5, 0.6) is 0 Å². The molecule has 1 aromatic carbocycles. The zero-order valence-corrected chi connectivity index (χ0v) is 13.9. The van der Waals surface area contributed by atoms with Gasteiger partial charge in [-0.1, -0.05) is 25.1 Å². The molecule has 2 amide bonds. The van der Waals surface area contributed by atoms with Gasteiger partial charge in [0.2, 0.25) is 0 Å². The Labute approximate surface area is 143 Å². The molecule has 0 radical (unpaired) electrons. The number of hydrogen-bond acceptors (Lipinski definition) is 5. The van der Waals surface area contributed by atoms with Crippen molar-refractivity contribution in [3.63, 3.8) is 0 Å². The van der Waals surface area contributed by atoms with Gasteiger partial charge in [-0.3, -0.25) is 10.1 Å². The Morgan fingerprint density at radius 1 is 1.40 bits per heavy atom. The van der Waals surface area contributed by atoms with Gasteiger partial charge < -0.3 is 14.2 Å². The number of carbonyl (C=O) groups is 2. The first-order valence-corrected chi connectivity index (χ1v) is 7.91. The first-order valence-electron chi connectivity index (χ1n) is 7.91. The van der Waals surface area contributed by atoms with Crippen LogP contribution < -0.4 is 5.32 Å². The van der Waals surface area contributed by atoms with Crippen LogP contribution in [0.2, 0.25) is 0 Å². The van der Waals surface area contributed by atoms with Gasteiger partial charge in [0.1, 0.15) is 17.5 Å². The number of ether oxygens (including phenoxy) is 1. The molecule has 0 bridgehead atoms. The van der Waals surface area contributed by atoms with Crippen molar-refractivity contribution < 1.29 is 23.2 Å². The summed E-state index contributed by atoms with van der Waals surface area (Å²) >= 11 is 0. The fourth-order valence-corrected chi connectivity index (χ4v) is 2.54. The van der Waals surface area contributed by atoms with Crippen molar-refractivity contribution in [2.24, 2.45) is 0 Å². The topological polar surface area (TPSA) is 84.7 Å². The molecule has 2 aromatic rings. The van der Waals surface area contributed by atoms with Gasteiger partial charge in [-0.15, -0.1) is 0 Å². The third kappa shape index (κ3) is 3.78. The third-order valence-corrected chi connectivity index (χ3v) is 3.83. The first-order chi connectivity index (χ1) is 11.9. The van der Waals surface area contributed by atoms with Crippen molar-refractivity contribution >= 4 is 17.7 Å². The molecule has 1 fully saturated rings. The highest BCUT2D eigenvalue weighted by Crippen LogP contribution is 2.23. The largest absolute Gasteiger partial charge is 0.442 e. The second-order valence-electron chi connectivity index (χ2n) is 6.13. The summed E-state index contributed by atoms with van der Waals surface area (Å²) < 4.78 is 23.4. The SMILES string of the molecule is CC(C)c1oncc1C(=O)N1CC(OC(=O)Nc2cccc(F)c2)C1. The minimum Gasteiger partial charge on any atom is -0.442 e. The number of aromatic nitrogens is 1. The smallest absolute Gasteiger partial charge is 0.412 e. The number of carbonyl (C=O) groups excluding carboxylic acids is 2. The summed E-state index contributed by atoms with van der Waals surface area (Å²) in [7, 11) is 0. The van der Waals surface area contributed by atoms with Crippen LogP contribution in [0.1, 0.15) is 35.9 Å². The highest BCUT2D eigenvalue weighted by molar-refractivity contribution is 5.95. The van der Waals surface area contributed by atoms with Crippen LogP contribution in [-0.4, -0.2) is 41.3 Å². The van der Waals surface area contributed by atoms with Crippen molar-refractivity contribution in [3.8, 4) is 0 Å². The van der Waals surface area contributed by atoms with E-state index in [2.05, 4.69) is 10.5 Å². The van der Waals surface area contributed by atoms with Crippen LogP contribution in [0, 0.1) is 5.82 Å². The molecule has 1 N–H and O–H groups in total. The lowest BCUT2D eigenvalue weighted by Crippen LogP contribution is -2.55. The quantitative estimate of drug-likeness (QED) is 0.919. The molecule has 0 saturated carbocycles. The molecule has 3 rings (SSSR count). The standard InChI is InChI=1S/C17H18FN3O4/c1-10(2)15-14(7-19-25-15)16(22)21-8-13(9-21)24-17(23)20-12-5-3-4-11(18)6-12/h3-7,10,13H,8-9H2,1-2H3,(H,20,23). The Morgan fingerprint density at radius 2 is 2.16 bits per heavy atom. The molecule has 0 aliphatic carbocycles. The molecule has 1 aliphatic rings. The van der Waals surface area contributed by atoms with Crippen molar-refractivity contribution in [1.29, 1.82) is 0 Å². The molecular formula is C17H18FN3O4. The van der Waals surface area contributed by atoms with E-state index in [1.54, 1.807) is 11.0 Å². The fourth-order valence-electron chi connectivity index (χ4n) is 2.54. The fraction of sp³-hybridized carbons (Fsp3) is 0.353. The van der Waals surface area contributed by atoms with Crippen molar-refractivity contribution in [1.82, 2.24) is 10.1 Å². The van der Waals surface area contributed by atoms with Gasteiger partial charge in [0, 0.05) is 11.6 Å². The van der Waals surface area contributed by atoms with E-state index in [4.69, 9.17) is 9.26 Å². The Morgan fingerprint density at radius 3 is 2.84 bits per heavy atom. The molecule has 7 nitrogen and oxygen atoms in total. The number of nitrogens with zero attached hydrogens (tertiary/aromatic N) is 2. The molecule has 8 heteroatoms. The van der Waals surface area contributed by atoms with Crippen LogP contribution in [0.3, 0.4) is 0 Å². The molecule has 1 saturated heterocycles. The average molecular weight is 347 g/mol. The van der Waals surface area contributed by atoms with Crippen molar-refractivity contribution in [2.45, 2.75) is 25.9 Å². The monoisotopic (exact) mass is 347 g/mol. The maximum atomic E-state index is 13.1. The summed E-state index contributed by atoms with van der Waals surface area (Å²) in [6.07, 6.45) is 0.318. The van der Waals surface area contributed by atoms with Gasteiger partial charge in [0.25, 0.3) is 5.91 Å². The van der Waals surface area contributed by atoms with Gasteiger partial charge in [0.15, 0.2) is 5.76 Å². The molecule has 0 spiro atoms. The van der Waals surface area contributed by atoms with Crippen LogP contribution in [0.4, 0.5) is 14.9 Å². The van der Waals surface area contributed by atoms with E-state index >= 15 is 0 Å². The molecule has 25 heavy (non-hydrogen) atoms. The predicted octanol–water partition coefficient (Wildman–Crippen LogP) is 3.01. The molecular weight excluding hydrogens is 329 g/mol. The summed E-state index contributed by atoms with van der Waals surface area (Å²) in [5.41, 5.74) is 0.737. The minimum absolute atomic E-state index is 0.0480. The lowest BCUT2D eigenvalue weighted by molar-refractivity contribution is -0.00220. The van der Waals surface area contributed by atoms with E-state index in [1.807, 2.05) is 13.8 Å². The van der Waals surface area contributed by atoms with Gasteiger partial charge in [-0.25, -0.2) is 9.18 Å². The third-order valence-electron chi connectivity index (χ3n) is 3.83. The van der Waals surface area contributed by atoms with E-state index in [-0.39, 0.29) is 24.9 Å². The number of amides is 2. The van der Waals surface area contributed by atoms with Crippen molar-refractivity contribution in [3.05, 3.63) is 47.6 Å². The lowest BCUT2D eigenvalue weighted by Gasteiger charge is -2.38. The second-order valence-corrected chi connectivity index (χ2v) is 6.13. The molecule has 0 atom stereocenters. The normalized spacial score (nSPS) is 14.3. The zero-order valence-electron chi connectivity index (χ0n) is 13.9. The Hall–Kier alpha value is -2.90. The number of likely N-dealkylation sites (tertiary alicyclic amines) is 1. The van der Waals surface area contributed by atoms with Gasteiger partial charge >= 0.3 is 6.09 Å². The van der Waals surface area contributed by atoms with Crippen LogP contribution in [-0.2, 0) is 4.74 Å². The summed E-state index contributed by atoms with van der Waals surface area (Å²) in [5.74, 6) is -0.0618. The maximum absolute atomic E-state index is 13.1. The summed E-state index contributed by atoms with van der Waals surface area (Å²) in [4.78, 5) is 25.7. The number of halogens is 1. The summed E-state index contributed by atoms with van der Waals surface area (Å²) in [5, 5.41) is 6.13. The van der Waals surface area contributed by atoms with Crippen molar-refractivity contribution in [2.75, 3.05) is 18.4 Å². The van der Waals surface area contributed by atoms with E-state index < -0.39 is 18.0 Å². The Balaban J connectivity index is 1.50. The van der Waals surface area contributed by atoms with Crippen LogP contribution in [0.15, 0.2) is 35.0 Å². The zero-order chi connectivity index (χ0) is 18.0. The number of anilines is 1.